The molecule has 1 atom stereocenters. The van der Waals surface area contributed by atoms with Crippen LogP contribution >= 0.6 is 0 Å². The Balaban J connectivity index is 2.20. The zero-order valence-electron chi connectivity index (χ0n) is 14.9. The SMILES string of the molecule is CCCCCC(C)NC(=NC)NCCS(=O)(=O)NCC1CCC1. The van der Waals surface area contributed by atoms with Crippen molar-refractivity contribution in [2.75, 3.05) is 25.9 Å². The Labute approximate surface area is 142 Å². The summed E-state index contributed by atoms with van der Waals surface area (Å²) in [5.41, 5.74) is 0. The van der Waals surface area contributed by atoms with Gasteiger partial charge in [0.15, 0.2) is 5.96 Å². The van der Waals surface area contributed by atoms with Gasteiger partial charge in [-0.15, -0.1) is 0 Å². The standard InChI is InChI=1S/C16H34N4O2S/c1-4-5-6-8-14(2)20-16(17-3)18-11-12-23(21,22)19-13-15-9-7-10-15/h14-15,19H,4-13H2,1-3H3,(H2,17,18,20). The summed E-state index contributed by atoms with van der Waals surface area (Å²) < 4.78 is 26.6. The molecule has 0 radical (unpaired) electrons. The summed E-state index contributed by atoms with van der Waals surface area (Å²) in [6, 6.07) is 0.334. The Morgan fingerprint density at radius 2 is 2.04 bits per heavy atom. The van der Waals surface area contributed by atoms with Crippen molar-refractivity contribution in [1.29, 1.82) is 0 Å². The highest BCUT2D eigenvalue weighted by Gasteiger charge is 2.20. The fraction of sp³-hybridized carbons (Fsp3) is 0.938. The predicted molar refractivity (Wildman–Crippen MR) is 97.2 cm³/mol. The van der Waals surface area contributed by atoms with Crippen LogP contribution in [0.4, 0.5) is 0 Å². The van der Waals surface area contributed by atoms with Gasteiger partial charge in [-0.2, -0.15) is 0 Å². The van der Waals surface area contributed by atoms with Gasteiger partial charge in [-0.05, 0) is 32.1 Å². The lowest BCUT2D eigenvalue weighted by Crippen LogP contribution is -2.44. The van der Waals surface area contributed by atoms with Gasteiger partial charge in [0.2, 0.25) is 10.0 Å². The van der Waals surface area contributed by atoms with Crippen molar-refractivity contribution >= 4 is 16.0 Å². The Morgan fingerprint density at radius 3 is 2.61 bits per heavy atom. The minimum Gasteiger partial charge on any atom is -0.355 e. The molecule has 6 nitrogen and oxygen atoms in total. The van der Waals surface area contributed by atoms with Crippen LogP contribution in [0.3, 0.4) is 0 Å². The lowest BCUT2D eigenvalue weighted by atomic mass is 9.86. The summed E-state index contributed by atoms with van der Waals surface area (Å²) in [6.45, 7) is 5.27. The molecule has 23 heavy (non-hydrogen) atoms. The second-order valence-electron chi connectivity index (χ2n) is 6.50. The number of rotatable bonds is 11. The highest BCUT2D eigenvalue weighted by Crippen LogP contribution is 2.25. The van der Waals surface area contributed by atoms with Crippen LogP contribution in [-0.4, -0.2) is 46.3 Å². The van der Waals surface area contributed by atoms with Crippen LogP contribution in [0.25, 0.3) is 0 Å². The van der Waals surface area contributed by atoms with Gasteiger partial charge in [0.1, 0.15) is 0 Å². The molecule has 0 aromatic carbocycles. The lowest BCUT2D eigenvalue weighted by Gasteiger charge is -2.25. The molecule has 1 aliphatic carbocycles. The molecule has 0 saturated heterocycles. The smallest absolute Gasteiger partial charge is 0.213 e. The van der Waals surface area contributed by atoms with E-state index in [0.29, 0.717) is 31.0 Å². The Morgan fingerprint density at radius 1 is 1.30 bits per heavy atom. The molecule has 0 aromatic heterocycles. The molecular formula is C16H34N4O2S. The molecule has 0 amide bonds. The molecule has 0 spiro atoms. The van der Waals surface area contributed by atoms with Gasteiger partial charge in [0.25, 0.3) is 0 Å². The lowest BCUT2D eigenvalue weighted by molar-refractivity contribution is 0.316. The van der Waals surface area contributed by atoms with E-state index < -0.39 is 10.0 Å². The number of aliphatic imine (C=N–C) groups is 1. The normalized spacial score (nSPS) is 17.6. The van der Waals surface area contributed by atoms with Gasteiger partial charge >= 0.3 is 0 Å². The van der Waals surface area contributed by atoms with E-state index in [1.54, 1.807) is 7.05 Å². The maximum Gasteiger partial charge on any atom is 0.213 e. The maximum atomic E-state index is 11.9. The van der Waals surface area contributed by atoms with E-state index in [-0.39, 0.29) is 5.75 Å². The molecule has 0 aliphatic heterocycles. The van der Waals surface area contributed by atoms with Gasteiger partial charge in [-0.1, -0.05) is 32.6 Å². The van der Waals surface area contributed by atoms with E-state index in [1.165, 1.54) is 25.7 Å². The summed E-state index contributed by atoms with van der Waals surface area (Å²) >= 11 is 0. The third-order valence-corrected chi connectivity index (χ3v) is 5.68. The maximum absolute atomic E-state index is 11.9. The molecule has 3 N–H and O–H groups in total. The fourth-order valence-electron chi connectivity index (χ4n) is 2.52. The van der Waals surface area contributed by atoms with E-state index in [0.717, 1.165) is 19.3 Å². The van der Waals surface area contributed by atoms with Crippen LogP contribution in [-0.2, 0) is 10.0 Å². The van der Waals surface area contributed by atoms with Crippen LogP contribution in [0.15, 0.2) is 4.99 Å². The van der Waals surface area contributed by atoms with Crippen molar-refractivity contribution in [2.24, 2.45) is 10.9 Å². The van der Waals surface area contributed by atoms with Crippen molar-refractivity contribution in [3.05, 3.63) is 0 Å². The summed E-state index contributed by atoms with van der Waals surface area (Å²) in [6.07, 6.45) is 8.26. The Bertz CT molecular complexity index is 447. The largest absolute Gasteiger partial charge is 0.355 e. The van der Waals surface area contributed by atoms with Gasteiger partial charge in [-0.3, -0.25) is 4.99 Å². The van der Waals surface area contributed by atoms with E-state index in [1.807, 2.05) is 0 Å². The number of sulfonamides is 1. The van der Waals surface area contributed by atoms with E-state index in [9.17, 15) is 8.42 Å². The fourth-order valence-corrected chi connectivity index (χ4v) is 3.52. The first-order chi connectivity index (χ1) is 11.0. The topological polar surface area (TPSA) is 82.6 Å². The summed E-state index contributed by atoms with van der Waals surface area (Å²) in [5.74, 6) is 1.28. The summed E-state index contributed by atoms with van der Waals surface area (Å²) in [7, 11) is -1.49. The first-order valence-electron chi connectivity index (χ1n) is 8.91. The number of hydrogen-bond donors (Lipinski definition) is 3. The number of unbranched alkanes of at least 4 members (excludes halogenated alkanes) is 2. The first kappa shape index (κ1) is 20.2. The minimum atomic E-state index is -3.20. The third kappa shape index (κ3) is 9.15. The molecule has 0 aromatic rings. The van der Waals surface area contributed by atoms with Crippen molar-refractivity contribution in [3.8, 4) is 0 Å². The van der Waals surface area contributed by atoms with Crippen molar-refractivity contribution < 1.29 is 8.42 Å². The highest BCUT2D eigenvalue weighted by molar-refractivity contribution is 7.89. The average molecular weight is 347 g/mol. The highest BCUT2D eigenvalue weighted by atomic mass is 32.2. The second-order valence-corrected chi connectivity index (χ2v) is 8.43. The van der Waals surface area contributed by atoms with Crippen LogP contribution in [0.1, 0.15) is 58.8 Å². The van der Waals surface area contributed by atoms with Crippen molar-refractivity contribution in [1.82, 2.24) is 15.4 Å². The number of nitrogens with one attached hydrogen (secondary N) is 3. The van der Waals surface area contributed by atoms with Crippen LogP contribution in [0.2, 0.25) is 0 Å². The Kier molecular flexibility index (Phi) is 9.55. The van der Waals surface area contributed by atoms with Crippen molar-refractivity contribution in [3.63, 3.8) is 0 Å². The van der Waals surface area contributed by atoms with Crippen LogP contribution in [0, 0.1) is 5.92 Å². The van der Waals surface area contributed by atoms with Gasteiger partial charge in [0.05, 0.1) is 5.75 Å². The Hall–Kier alpha value is -0.820. The molecule has 136 valence electrons. The zero-order valence-corrected chi connectivity index (χ0v) is 15.7. The third-order valence-electron chi connectivity index (χ3n) is 4.33. The quantitative estimate of drug-likeness (QED) is 0.303. The van der Waals surface area contributed by atoms with Gasteiger partial charge in [-0.25, -0.2) is 13.1 Å². The minimum absolute atomic E-state index is 0.0740. The first-order valence-corrected chi connectivity index (χ1v) is 10.6. The van der Waals surface area contributed by atoms with Crippen LogP contribution < -0.4 is 15.4 Å². The molecule has 1 rings (SSSR count). The molecule has 1 aliphatic rings. The molecule has 1 unspecified atom stereocenters. The summed E-state index contributed by atoms with van der Waals surface area (Å²) in [4.78, 5) is 4.15. The molecule has 1 fully saturated rings. The number of guanidine groups is 1. The van der Waals surface area contributed by atoms with Crippen LogP contribution in [0.5, 0.6) is 0 Å². The zero-order chi connectivity index (χ0) is 17.1. The molecule has 0 heterocycles. The van der Waals surface area contributed by atoms with E-state index in [2.05, 4.69) is 34.2 Å². The van der Waals surface area contributed by atoms with E-state index in [4.69, 9.17) is 0 Å². The molecular weight excluding hydrogens is 312 g/mol. The van der Waals surface area contributed by atoms with Crippen molar-refractivity contribution in [2.45, 2.75) is 64.8 Å². The number of hydrogen-bond acceptors (Lipinski definition) is 3. The second kappa shape index (κ2) is 10.9. The monoisotopic (exact) mass is 346 g/mol. The number of nitrogens with zero attached hydrogens (tertiary/aromatic N) is 1. The van der Waals surface area contributed by atoms with E-state index >= 15 is 0 Å². The average Bonchev–Trinajstić information content (AvgIpc) is 2.44. The molecule has 7 heteroatoms. The molecule has 0 bridgehead atoms. The molecule has 1 saturated carbocycles. The predicted octanol–water partition coefficient (Wildman–Crippen LogP) is 1.84. The van der Waals surface area contributed by atoms with Gasteiger partial charge in [0, 0.05) is 26.2 Å². The summed E-state index contributed by atoms with van der Waals surface area (Å²) in [5, 5.41) is 6.39. The van der Waals surface area contributed by atoms with Gasteiger partial charge < -0.3 is 10.6 Å².